The van der Waals surface area contributed by atoms with E-state index in [0.29, 0.717) is 11.3 Å². The summed E-state index contributed by atoms with van der Waals surface area (Å²) in [6.45, 7) is 11.2. The lowest BCUT2D eigenvalue weighted by Gasteiger charge is -2.28. The van der Waals surface area contributed by atoms with Gasteiger partial charge >= 0.3 is 12.1 Å². The van der Waals surface area contributed by atoms with E-state index in [1.807, 2.05) is 19.9 Å². The zero-order chi connectivity index (χ0) is 19.6. The second kappa shape index (κ2) is 7.48. The van der Waals surface area contributed by atoms with Gasteiger partial charge in [-0.3, -0.25) is 14.5 Å². The SMILES string of the molecule is CCOC(=O)C1CCN(C(=O)OC(C)(C)C)c2c(C)cc(C)cc2C1=O. The summed E-state index contributed by atoms with van der Waals surface area (Å²) in [5.74, 6) is -1.77. The number of ether oxygens (including phenoxy) is 2. The van der Waals surface area contributed by atoms with Gasteiger partial charge in [-0.15, -0.1) is 0 Å². The van der Waals surface area contributed by atoms with Gasteiger partial charge in [0.15, 0.2) is 5.78 Å². The van der Waals surface area contributed by atoms with Crippen LogP contribution < -0.4 is 4.90 Å². The molecule has 6 nitrogen and oxygen atoms in total. The first-order valence-electron chi connectivity index (χ1n) is 8.87. The Bertz CT molecular complexity index is 732. The van der Waals surface area contributed by atoms with E-state index >= 15 is 0 Å². The lowest BCUT2D eigenvalue weighted by atomic mass is 9.93. The van der Waals surface area contributed by atoms with Gasteiger partial charge in [-0.05, 0) is 65.2 Å². The van der Waals surface area contributed by atoms with Crippen LogP contribution in [0, 0.1) is 19.8 Å². The first kappa shape index (κ1) is 19.9. The molecule has 1 aromatic carbocycles. The van der Waals surface area contributed by atoms with Crippen molar-refractivity contribution >= 4 is 23.5 Å². The van der Waals surface area contributed by atoms with Crippen LogP contribution in [0.2, 0.25) is 0 Å². The highest BCUT2D eigenvalue weighted by Crippen LogP contribution is 2.34. The molecule has 0 saturated heterocycles. The Hall–Kier alpha value is -2.37. The van der Waals surface area contributed by atoms with Gasteiger partial charge in [0.05, 0.1) is 12.3 Å². The number of amides is 1. The molecule has 0 radical (unpaired) electrons. The van der Waals surface area contributed by atoms with Crippen molar-refractivity contribution in [2.75, 3.05) is 18.1 Å². The van der Waals surface area contributed by atoms with E-state index in [0.717, 1.165) is 11.1 Å². The Morgan fingerprint density at radius 3 is 2.46 bits per heavy atom. The number of nitrogens with zero attached hydrogens (tertiary/aromatic N) is 1. The molecular weight excluding hydrogens is 334 g/mol. The van der Waals surface area contributed by atoms with Crippen LogP contribution in [0.5, 0.6) is 0 Å². The molecule has 1 aromatic rings. The molecule has 0 N–H and O–H groups in total. The van der Waals surface area contributed by atoms with E-state index in [9.17, 15) is 14.4 Å². The Morgan fingerprint density at radius 1 is 1.23 bits per heavy atom. The van der Waals surface area contributed by atoms with Crippen LogP contribution in [0.15, 0.2) is 12.1 Å². The predicted octanol–water partition coefficient (Wildman–Crippen LogP) is 3.81. The van der Waals surface area contributed by atoms with Crippen molar-refractivity contribution in [3.05, 3.63) is 28.8 Å². The molecule has 142 valence electrons. The van der Waals surface area contributed by atoms with Crippen LogP contribution in [-0.2, 0) is 14.3 Å². The molecule has 2 rings (SSSR count). The number of anilines is 1. The molecule has 1 aliphatic heterocycles. The maximum absolute atomic E-state index is 13.0. The first-order chi connectivity index (χ1) is 12.0. The monoisotopic (exact) mass is 361 g/mol. The zero-order valence-electron chi connectivity index (χ0n) is 16.3. The molecule has 6 heteroatoms. The molecule has 0 aliphatic carbocycles. The van der Waals surface area contributed by atoms with E-state index in [2.05, 4.69) is 0 Å². The van der Waals surface area contributed by atoms with Crippen molar-refractivity contribution in [2.24, 2.45) is 5.92 Å². The Kier molecular flexibility index (Phi) is 5.74. The van der Waals surface area contributed by atoms with Crippen LogP contribution in [0.3, 0.4) is 0 Å². The molecular formula is C20H27NO5. The number of benzene rings is 1. The summed E-state index contributed by atoms with van der Waals surface area (Å²) in [5, 5.41) is 0. The van der Waals surface area contributed by atoms with Gasteiger partial charge in [0.25, 0.3) is 0 Å². The average molecular weight is 361 g/mol. The minimum absolute atomic E-state index is 0.198. The first-order valence-corrected chi connectivity index (χ1v) is 8.87. The second-order valence-electron chi connectivity index (χ2n) is 7.57. The number of Topliss-reactive ketones (excluding diaryl/α,β-unsaturated/α-hetero) is 1. The van der Waals surface area contributed by atoms with Gasteiger partial charge in [0.1, 0.15) is 11.5 Å². The molecule has 0 bridgehead atoms. The number of rotatable bonds is 2. The number of carbonyl (C=O) groups excluding carboxylic acids is 3. The van der Waals surface area contributed by atoms with E-state index in [-0.39, 0.29) is 25.4 Å². The van der Waals surface area contributed by atoms with Crippen molar-refractivity contribution in [3.63, 3.8) is 0 Å². The van der Waals surface area contributed by atoms with Gasteiger partial charge in [0, 0.05) is 12.1 Å². The highest BCUT2D eigenvalue weighted by atomic mass is 16.6. The lowest BCUT2D eigenvalue weighted by Crippen LogP contribution is -2.38. The molecule has 26 heavy (non-hydrogen) atoms. The predicted molar refractivity (Wildman–Crippen MR) is 98.6 cm³/mol. The minimum atomic E-state index is -0.915. The Labute approximate surface area is 154 Å². The van der Waals surface area contributed by atoms with E-state index < -0.39 is 23.6 Å². The van der Waals surface area contributed by atoms with Crippen LogP contribution >= 0.6 is 0 Å². The van der Waals surface area contributed by atoms with E-state index in [1.54, 1.807) is 33.8 Å². The summed E-state index contributed by atoms with van der Waals surface area (Å²) < 4.78 is 10.6. The Morgan fingerprint density at radius 2 is 1.88 bits per heavy atom. The van der Waals surface area contributed by atoms with Gasteiger partial charge in [0.2, 0.25) is 0 Å². The number of hydrogen-bond acceptors (Lipinski definition) is 5. The highest BCUT2D eigenvalue weighted by Gasteiger charge is 2.38. The smallest absolute Gasteiger partial charge is 0.414 e. The fourth-order valence-corrected chi connectivity index (χ4v) is 3.16. The molecule has 0 fully saturated rings. The van der Waals surface area contributed by atoms with Crippen molar-refractivity contribution in [1.29, 1.82) is 0 Å². The summed E-state index contributed by atoms with van der Waals surface area (Å²) in [6.07, 6.45) is -0.326. The van der Waals surface area contributed by atoms with Gasteiger partial charge in [-0.25, -0.2) is 4.79 Å². The third kappa shape index (κ3) is 4.23. The topological polar surface area (TPSA) is 72.9 Å². The molecule has 0 aromatic heterocycles. The number of esters is 1. The van der Waals surface area contributed by atoms with Crippen molar-refractivity contribution in [2.45, 2.75) is 53.6 Å². The van der Waals surface area contributed by atoms with E-state index in [4.69, 9.17) is 9.47 Å². The fraction of sp³-hybridized carbons (Fsp3) is 0.550. The van der Waals surface area contributed by atoms with Crippen LogP contribution in [0.1, 0.15) is 55.6 Å². The maximum atomic E-state index is 13.0. The summed E-state index contributed by atoms with van der Waals surface area (Å²) >= 11 is 0. The van der Waals surface area contributed by atoms with Crippen molar-refractivity contribution < 1.29 is 23.9 Å². The summed E-state index contributed by atoms with van der Waals surface area (Å²) in [4.78, 5) is 39.5. The van der Waals surface area contributed by atoms with Gasteiger partial charge < -0.3 is 9.47 Å². The van der Waals surface area contributed by atoms with Crippen LogP contribution in [0.4, 0.5) is 10.5 Å². The standard InChI is InChI=1S/C20H27NO5/c1-7-25-18(23)14-8-9-21(19(24)26-20(4,5)6)16-13(3)10-12(2)11-15(16)17(14)22/h10-11,14H,7-9H2,1-6H3. The zero-order valence-corrected chi connectivity index (χ0v) is 16.3. The molecule has 0 saturated carbocycles. The van der Waals surface area contributed by atoms with Crippen LogP contribution in [-0.4, -0.2) is 36.6 Å². The molecule has 1 unspecified atom stereocenters. The third-order valence-electron chi connectivity index (χ3n) is 4.12. The summed E-state index contributed by atoms with van der Waals surface area (Å²) in [7, 11) is 0. The van der Waals surface area contributed by atoms with Gasteiger partial charge in [-0.1, -0.05) is 6.07 Å². The highest BCUT2D eigenvalue weighted by molar-refractivity contribution is 6.14. The third-order valence-corrected chi connectivity index (χ3v) is 4.12. The summed E-state index contributed by atoms with van der Waals surface area (Å²) in [5.41, 5.74) is 1.91. The lowest BCUT2D eigenvalue weighted by molar-refractivity contribution is -0.146. The molecule has 1 amide bonds. The Balaban J connectivity index is 2.53. The largest absolute Gasteiger partial charge is 0.465 e. The van der Waals surface area contributed by atoms with Crippen molar-refractivity contribution in [1.82, 2.24) is 0 Å². The quantitative estimate of drug-likeness (QED) is 0.591. The number of ketones is 1. The molecule has 0 spiro atoms. The maximum Gasteiger partial charge on any atom is 0.414 e. The molecule has 1 atom stereocenters. The molecule has 1 heterocycles. The minimum Gasteiger partial charge on any atom is -0.465 e. The second-order valence-corrected chi connectivity index (χ2v) is 7.57. The average Bonchev–Trinajstić information content (AvgIpc) is 2.63. The van der Waals surface area contributed by atoms with Crippen LogP contribution in [0.25, 0.3) is 0 Å². The number of fused-ring (bicyclic) bond motifs is 1. The normalized spacial score (nSPS) is 17.4. The summed E-state index contributed by atoms with van der Waals surface area (Å²) in [6, 6.07) is 3.63. The van der Waals surface area contributed by atoms with Gasteiger partial charge in [-0.2, -0.15) is 0 Å². The van der Waals surface area contributed by atoms with Crippen molar-refractivity contribution in [3.8, 4) is 0 Å². The molecule has 1 aliphatic rings. The number of hydrogen-bond donors (Lipinski definition) is 0. The van der Waals surface area contributed by atoms with E-state index in [1.165, 1.54) is 4.90 Å². The number of aryl methyl sites for hydroxylation is 2. The fourth-order valence-electron chi connectivity index (χ4n) is 3.16. The number of carbonyl (C=O) groups is 3.